The van der Waals surface area contributed by atoms with Gasteiger partial charge in [-0.25, -0.2) is 9.59 Å². The number of carboxylic acids is 1. The Kier molecular flexibility index (Phi) is 7.30. The molecule has 2 aromatic rings. The summed E-state index contributed by atoms with van der Waals surface area (Å²) in [5.74, 6) is -1.65. The van der Waals surface area contributed by atoms with Crippen molar-refractivity contribution in [2.75, 3.05) is 6.54 Å². The van der Waals surface area contributed by atoms with Crippen molar-refractivity contribution in [2.45, 2.75) is 38.0 Å². The summed E-state index contributed by atoms with van der Waals surface area (Å²) in [5, 5.41) is 12.6. The lowest BCUT2D eigenvalue weighted by atomic mass is 10.1. The van der Waals surface area contributed by atoms with E-state index in [1.165, 1.54) is 4.90 Å². The molecule has 7 nitrogen and oxygen atoms in total. The van der Waals surface area contributed by atoms with Gasteiger partial charge in [0.05, 0.1) is 0 Å². The number of carboxylic acid groups (broad SMARTS) is 1. The molecule has 2 atom stereocenters. The molecule has 0 radical (unpaired) electrons. The number of likely N-dealkylation sites (tertiary alicyclic amines) is 1. The van der Waals surface area contributed by atoms with E-state index in [4.69, 9.17) is 16.3 Å². The molecule has 1 fully saturated rings. The molecule has 30 heavy (non-hydrogen) atoms. The fourth-order valence-electron chi connectivity index (χ4n) is 3.43. The van der Waals surface area contributed by atoms with Crippen LogP contribution < -0.4 is 5.32 Å². The highest BCUT2D eigenvalue weighted by atomic mass is 35.5. The molecule has 0 bridgehead atoms. The number of ether oxygens (including phenoxy) is 1. The van der Waals surface area contributed by atoms with Gasteiger partial charge in [-0.15, -0.1) is 0 Å². The van der Waals surface area contributed by atoms with Gasteiger partial charge in [0.2, 0.25) is 5.91 Å². The van der Waals surface area contributed by atoms with E-state index in [9.17, 15) is 19.5 Å². The number of nitrogens with zero attached hydrogens (tertiary/aromatic N) is 1. The van der Waals surface area contributed by atoms with Gasteiger partial charge < -0.3 is 15.2 Å². The molecule has 0 aliphatic carbocycles. The summed E-state index contributed by atoms with van der Waals surface area (Å²) < 4.78 is 5.33. The number of hydrogen-bond donors (Lipinski definition) is 2. The third kappa shape index (κ3) is 5.73. The maximum atomic E-state index is 12.8. The van der Waals surface area contributed by atoms with Crippen molar-refractivity contribution in [2.24, 2.45) is 0 Å². The van der Waals surface area contributed by atoms with E-state index in [0.717, 1.165) is 5.56 Å². The smallest absolute Gasteiger partial charge is 0.410 e. The highest BCUT2D eigenvalue weighted by Gasteiger charge is 2.36. The molecular weight excluding hydrogens is 408 g/mol. The van der Waals surface area contributed by atoms with Crippen LogP contribution in [0.1, 0.15) is 24.0 Å². The highest BCUT2D eigenvalue weighted by molar-refractivity contribution is 6.30. The Labute approximate surface area is 179 Å². The van der Waals surface area contributed by atoms with Crippen LogP contribution in [0.3, 0.4) is 0 Å². The number of hydrogen-bond acceptors (Lipinski definition) is 4. The minimum absolute atomic E-state index is 0.0901. The van der Waals surface area contributed by atoms with Crippen LogP contribution in [-0.4, -0.2) is 46.6 Å². The Hall–Kier alpha value is -3.06. The van der Waals surface area contributed by atoms with Crippen molar-refractivity contribution in [1.82, 2.24) is 10.2 Å². The Morgan fingerprint density at radius 3 is 2.57 bits per heavy atom. The molecule has 0 unspecified atom stereocenters. The SMILES string of the molecule is O=C(O)[C@H](Cc1cccc(Cl)c1)NC(=O)[C@H]1CCCN1C(=O)OCc1ccccc1. The topological polar surface area (TPSA) is 95.9 Å². The molecule has 2 N–H and O–H groups in total. The van der Waals surface area contributed by atoms with Gasteiger partial charge in [-0.05, 0) is 36.1 Å². The lowest BCUT2D eigenvalue weighted by Gasteiger charge is -2.25. The monoisotopic (exact) mass is 430 g/mol. The van der Waals surface area contributed by atoms with Crippen LogP contribution in [0.4, 0.5) is 4.79 Å². The average Bonchev–Trinajstić information content (AvgIpc) is 3.22. The molecular formula is C22H23ClN2O5. The zero-order valence-corrected chi connectivity index (χ0v) is 17.0. The van der Waals surface area contributed by atoms with Crippen LogP contribution in [0, 0.1) is 0 Å². The van der Waals surface area contributed by atoms with Crippen LogP contribution >= 0.6 is 11.6 Å². The second-order valence-electron chi connectivity index (χ2n) is 7.13. The van der Waals surface area contributed by atoms with Gasteiger partial charge in [0.25, 0.3) is 0 Å². The molecule has 158 valence electrons. The standard InChI is InChI=1S/C22H23ClN2O5/c23-17-9-4-8-16(12-17)13-18(21(27)28)24-20(26)19-10-5-11-25(19)22(29)30-14-15-6-2-1-3-7-15/h1-4,6-9,12,18-19H,5,10-11,13-14H2,(H,24,26)(H,27,28)/t18-,19+/m0/s1. The van der Waals surface area contributed by atoms with Crippen LogP contribution in [0.5, 0.6) is 0 Å². The summed E-state index contributed by atoms with van der Waals surface area (Å²) in [4.78, 5) is 38.2. The van der Waals surface area contributed by atoms with E-state index in [0.29, 0.717) is 30.0 Å². The predicted molar refractivity (Wildman–Crippen MR) is 111 cm³/mol. The minimum Gasteiger partial charge on any atom is -0.480 e. The van der Waals surface area contributed by atoms with Gasteiger partial charge in [-0.3, -0.25) is 9.69 Å². The van der Waals surface area contributed by atoms with E-state index in [1.54, 1.807) is 24.3 Å². The molecule has 0 aromatic heterocycles. The molecule has 1 aliphatic heterocycles. The Morgan fingerprint density at radius 1 is 1.13 bits per heavy atom. The van der Waals surface area contributed by atoms with E-state index >= 15 is 0 Å². The Bertz CT molecular complexity index is 905. The molecule has 2 amide bonds. The van der Waals surface area contributed by atoms with Crippen LogP contribution in [0.25, 0.3) is 0 Å². The summed E-state index contributed by atoms with van der Waals surface area (Å²) >= 11 is 5.95. The Balaban J connectivity index is 1.60. The first-order valence-corrected chi connectivity index (χ1v) is 10.1. The minimum atomic E-state index is -1.15. The van der Waals surface area contributed by atoms with E-state index in [2.05, 4.69) is 5.32 Å². The Morgan fingerprint density at radius 2 is 1.87 bits per heavy atom. The number of aliphatic carboxylic acids is 1. The van der Waals surface area contributed by atoms with E-state index in [1.807, 2.05) is 30.3 Å². The zero-order chi connectivity index (χ0) is 21.5. The first-order chi connectivity index (χ1) is 14.4. The summed E-state index contributed by atoms with van der Waals surface area (Å²) in [7, 11) is 0. The van der Waals surface area contributed by atoms with Crippen molar-refractivity contribution < 1.29 is 24.2 Å². The molecule has 3 rings (SSSR count). The van der Waals surface area contributed by atoms with Crippen molar-refractivity contribution in [1.29, 1.82) is 0 Å². The molecule has 0 spiro atoms. The lowest BCUT2D eigenvalue weighted by Crippen LogP contribution is -2.51. The first kappa shape index (κ1) is 21.6. The fraction of sp³-hybridized carbons (Fsp3) is 0.318. The van der Waals surface area contributed by atoms with Crippen molar-refractivity contribution in [3.8, 4) is 0 Å². The number of amides is 2. The third-order valence-corrected chi connectivity index (χ3v) is 5.17. The zero-order valence-electron chi connectivity index (χ0n) is 16.3. The number of benzene rings is 2. The van der Waals surface area contributed by atoms with Crippen molar-refractivity contribution >= 4 is 29.6 Å². The van der Waals surface area contributed by atoms with Crippen molar-refractivity contribution in [3.63, 3.8) is 0 Å². The summed E-state index contributed by atoms with van der Waals surface area (Å²) in [6.07, 6.45) is 0.603. The van der Waals surface area contributed by atoms with Crippen LogP contribution in [-0.2, 0) is 27.4 Å². The number of nitrogens with one attached hydrogen (secondary N) is 1. The normalized spacial score (nSPS) is 16.7. The second kappa shape index (κ2) is 10.1. The van der Waals surface area contributed by atoms with Gasteiger partial charge in [0, 0.05) is 18.0 Å². The third-order valence-electron chi connectivity index (χ3n) is 4.94. The molecule has 0 saturated carbocycles. The second-order valence-corrected chi connectivity index (χ2v) is 7.56. The van der Waals surface area contributed by atoms with Crippen LogP contribution in [0.2, 0.25) is 5.02 Å². The van der Waals surface area contributed by atoms with Gasteiger partial charge in [-0.1, -0.05) is 54.1 Å². The average molecular weight is 431 g/mol. The first-order valence-electron chi connectivity index (χ1n) is 9.69. The maximum absolute atomic E-state index is 12.8. The molecule has 1 aliphatic rings. The maximum Gasteiger partial charge on any atom is 0.410 e. The number of carbonyl (C=O) groups excluding carboxylic acids is 2. The fourth-order valence-corrected chi connectivity index (χ4v) is 3.64. The van der Waals surface area contributed by atoms with Gasteiger partial charge >= 0.3 is 12.1 Å². The molecule has 8 heteroatoms. The summed E-state index contributed by atoms with van der Waals surface area (Å²) in [5.41, 5.74) is 1.54. The predicted octanol–water partition coefficient (Wildman–Crippen LogP) is 3.25. The summed E-state index contributed by atoms with van der Waals surface area (Å²) in [6, 6.07) is 14.2. The lowest BCUT2D eigenvalue weighted by molar-refractivity contribution is -0.142. The number of rotatable bonds is 7. The van der Waals surface area contributed by atoms with Crippen molar-refractivity contribution in [3.05, 3.63) is 70.7 Å². The highest BCUT2D eigenvalue weighted by Crippen LogP contribution is 2.20. The number of carbonyl (C=O) groups is 3. The molecule has 2 aromatic carbocycles. The summed E-state index contributed by atoms with van der Waals surface area (Å²) in [6.45, 7) is 0.495. The van der Waals surface area contributed by atoms with Gasteiger partial charge in [0.15, 0.2) is 0 Å². The quantitative estimate of drug-likeness (QED) is 0.702. The van der Waals surface area contributed by atoms with E-state index in [-0.39, 0.29) is 13.0 Å². The largest absolute Gasteiger partial charge is 0.480 e. The van der Waals surface area contributed by atoms with E-state index < -0.39 is 30.1 Å². The molecule has 1 saturated heterocycles. The van der Waals surface area contributed by atoms with Crippen LogP contribution in [0.15, 0.2) is 54.6 Å². The van der Waals surface area contributed by atoms with Gasteiger partial charge in [0.1, 0.15) is 18.7 Å². The molecule has 1 heterocycles. The number of halogens is 1. The van der Waals surface area contributed by atoms with Gasteiger partial charge in [-0.2, -0.15) is 0 Å².